The average molecular weight is 413 g/mol. The SMILES string of the molecule is Cc1ccc([C@@H]2c3c(-c4c(C)cc(C)cc4O)n[nH]c3C(=O)N2Cc2ccco2)cc1. The molecule has 0 fully saturated rings. The number of aromatic nitrogens is 2. The minimum absolute atomic E-state index is 0.139. The van der Waals surface area contributed by atoms with Gasteiger partial charge in [-0.25, -0.2) is 0 Å². The maximum Gasteiger partial charge on any atom is 0.273 e. The van der Waals surface area contributed by atoms with Crippen LogP contribution in [-0.2, 0) is 6.54 Å². The van der Waals surface area contributed by atoms with E-state index in [1.165, 1.54) is 0 Å². The van der Waals surface area contributed by atoms with Gasteiger partial charge in [-0.3, -0.25) is 9.89 Å². The number of hydrogen-bond acceptors (Lipinski definition) is 4. The van der Waals surface area contributed by atoms with Gasteiger partial charge in [0, 0.05) is 11.1 Å². The summed E-state index contributed by atoms with van der Waals surface area (Å²) >= 11 is 0. The molecule has 31 heavy (non-hydrogen) atoms. The molecule has 5 rings (SSSR count). The number of furan rings is 1. The molecule has 3 heterocycles. The first-order valence-corrected chi connectivity index (χ1v) is 10.2. The van der Waals surface area contributed by atoms with Gasteiger partial charge in [0.05, 0.1) is 18.8 Å². The molecule has 2 aromatic heterocycles. The highest BCUT2D eigenvalue weighted by Crippen LogP contribution is 2.46. The van der Waals surface area contributed by atoms with E-state index >= 15 is 0 Å². The lowest BCUT2D eigenvalue weighted by atomic mass is 9.93. The Morgan fingerprint density at radius 3 is 2.55 bits per heavy atom. The fourth-order valence-corrected chi connectivity index (χ4v) is 4.47. The number of carbonyl (C=O) groups excluding carboxylic acids is 1. The number of carbonyl (C=O) groups is 1. The van der Waals surface area contributed by atoms with Crippen LogP contribution in [0.25, 0.3) is 11.3 Å². The summed E-state index contributed by atoms with van der Waals surface area (Å²) < 4.78 is 5.53. The van der Waals surface area contributed by atoms with E-state index < -0.39 is 0 Å². The van der Waals surface area contributed by atoms with E-state index in [-0.39, 0.29) is 17.7 Å². The second kappa shape index (κ2) is 7.16. The highest BCUT2D eigenvalue weighted by atomic mass is 16.3. The zero-order valence-corrected chi connectivity index (χ0v) is 17.6. The van der Waals surface area contributed by atoms with Crippen molar-refractivity contribution in [3.8, 4) is 17.0 Å². The average Bonchev–Trinajstić information content (AvgIpc) is 3.43. The van der Waals surface area contributed by atoms with Crippen molar-refractivity contribution in [3.63, 3.8) is 0 Å². The molecule has 156 valence electrons. The lowest BCUT2D eigenvalue weighted by Crippen LogP contribution is -2.29. The summed E-state index contributed by atoms with van der Waals surface area (Å²) in [6, 6.07) is 15.2. The Kier molecular flexibility index (Phi) is 4.43. The molecule has 1 aliphatic rings. The molecule has 0 saturated heterocycles. The molecule has 2 N–H and O–H groups in total. The van der Waals surface area contributed by atoms with Crippen molar-refractivity contribution in [2.75, 3.05) is 0 Å². The number of aromatic amines is 1. The standard InChI is InChI=1S/C25H23N3O3/c1-14-6-8-17(9-7-14)24-21-22(20-16(3)11-15(2)12-19(20)29)26-27-23(21)25(30)28(24)13-18-5-4-10-31-18/h4-12,24,29H,13H2,1-3H3,(H,26,27)/t24-/m1/s1. The number of aromatic hydroxyl groups is 1. The molecule has 0 aliphatic carbocycles. The summed E-state index contributed by atoms with van der Waals surface area (Å²) in [5, 5.41) is 18.2. The van der Waals surface area contributed by atoms with Crippen molar-refractivity contribution in [1.29, 1.82) is 0 Å². The van der Waals surface area contributed by atoms with Crippen LogP contribution in [0.15, 0.2) is 59.2 Å². The van der Waals surface area contributed by atoms with Gasteiger partial charge in [0.15, 0.2) is 0 Å². The maximum atomic E-state index is 13.4. The second-order valence-electron chi connectivity index (χ2n) is 8.16. The summed E-state index contributed by atoms with van der Waals surface area (Å²) in [5.74, 6) is 0.728. The molecule has 4 aromatic rings. The van der Waals surface area contributed by atoms with Crippen molar-refractivity contribution in [3.05, 3.63) is 94.1 Å². The fourth-order valence-electron chi connectivity index (χ4n) is 4.47. The molecular weight excluding hydrogens is 390 g/mol. The number of hydrogen-bond donors (Lipinski definition) is 2. The number of nitrogens with zero attached hydrogens (tertiary/aromatic N) is 2. The normalized spacial score (nSPS) is 15.5. The summed E-state index contributed by atoms with van der Waals surface area (Å²) in [6.45, 7) is 6.26. The molecule has 0 radical (unpaired) electrons. The Balaban J connectivity index is 1.70. The molecule has 1 atom stereocenters. The number of amides is 1. The Labute approximate surface area is 180 Å². The van der Waals surface area contributed by atoms with Crippen molar-refractivity contribution in [2.45, 2.75) is 33.4 Å². The second-order valence-corrected chi connectivity index (χ2v) is 8.16. The smallest absolute Gasteiger partial charge is 0.273 e. The van der Waals surface area contributed by atoms with Crippen LogP contribution in [0.1, 0.15) is 50.1 Å². The largest absolute Gasteiger partial charge is 0.507 e. The number of rotatable bonds is 4. The van der Waals surface area contributed by atoms with Gasteiger partial charge < -0.3 is 14.4 Å². The monoisotopic (exact) mass is 413 g/mol. The van der Waals surface area contributed by atoms with Gasteiger partial charge >= 0.3 is 0 Å². The van der Waals surface area contributed by atoms with Crippen molar-refractivity contribution in [1.82, 2.24) is 15.1 Å². The van der Waals surface area contributed by atoms with E-state index in [9.17, 15) is 9.90 Å². The Hall–Kier alpha value is -3.80. The number of benzene rings is 2. The molecule has 6 nitrogen and oxygen atoms in total. The first-order valence-electron chi connectivity index (χ1n) is 10.2. The van der Waals surface area contributed by atoms with Crippen LogP contribution in [0.5, 0.6) is 5.75 Å². The molecular formula is C25H23N3O3. The van der Waals surface area contributed by atoms with Crippen LogP contribution >= 0.6 is 0 Å². The van der Waals surface area contributed by atoms with Gasteiger partial charge in [-0.15, -0.1) is 0 Å². The van der Waals surface area contributed by atoms with Gasteiger partial charge in [-0.05, 0) is 55.7 Å². The molecule has 0 spiro atoms. The minimum Gasteiger partial charge on any atom is -0.507 e. The maximum absolute atomic E-state index is 13.4. The molecule has 0 bridgehead atoms. The van der Waals surface area contributed by atoms with E-state index in [0.717, 1.165) is 27.8 Å². The molecule has 2 aromatic carbocycles. The minimum atomic E-state index is -0.345. The first-order chi connectivity index (χ1) is 14.9. The van der Waals surface area contributed by atoms with Gasteiger partial charge in [0.1, 0.15) is 22.9 Å². The predicted molar refractivity (Wildman–Crippen MR) is 117 cm³/mol. The van der Waals surface area contributed by atoms with Crippen LogP contribution in [0.4, 0.5) is 0 Å². The highest BCUT2D eigenvalue weighted by Gasteiger charge is 2.43. The van der Waals surface area contributed by atoms with Gasteiger partial charge in [-0.1, -0.05) is 35.9 Å². The number of fused-ring (bicyclic) bond motifs is 1. The number of aryl methyl sites for hydroxylation is 3. The van der Waals surface area contributed by atoms with Crippen LogP contribution in [0.2, 0.25) is 0 Å². The van der Waals surface area contributed by atoms with E-state index in [4.69, 9.17) is 4.42 Å². The summed E-state index contributed by atoms with van der Waals surface area (Å²) in [4.78, 5) is 15.2. The lowest BCUT2D eigenvalue weighted by Gasteiger charge is -2.26. The molecule has 1 aliphatic heterocycles. The van der Waals surface area contributed by atoms with Crippen LogP contribution in [0, 0.1) is 20.8 Å². The first kappa shape index (κ1) is 19.2. The quantitative estimate of drug-likeness (QED) is 0.491. The van der Waals surface area contributed by atoms with Crippen LogP contribution < -0.4 is 0 Å². The van der Waals surface area contributed by atoms with Crippen LogP contribution in [-0.4, -0.2) is 26.1 Å². The topological polar surface area (TPSA) is 82.4 Å². The Morgan fingerprint density at radius 1 is 1.10 bits per heavy atom. The Bertz CT molecular complexity index is 1250. The Morgan fingerprint density at radius 2 is 1.87 bits per heavy atom. The third-order valence-electron chi connectivity index (χ3n) is 5.86. The molecule has 0 unspecified atom stereocenters. The zero-order chi connectivity index (χ0) is 21.7. The molecule has 1 amide bonds. The highest BCUT2D eigenvalue weighted by molar-refractivity contribution is 6.00. The van der Waals surface area contributed by atoms with Crippen LogP contribution in [0.3, 0.4) is 0 Å². The number of H-pyrrole nitrogens is 1. The van der Waals surface area contributed by atoms with Gasteiger partial charge in [0.25, 0.3) is 5.91 Å². The molecule has 6 heteroatoms. The third-order valence-corrected chi connectivity index (χ3v) is 5.86. The summed E-state index contributed by atoms with van der Waals surface area (Å²) in [7, 11) is 0. The van der Waals surface area contributed by atoms with Crippen molar-refractivity contribution in [2.24, 2.45) is 0 Å². The summed E-state index contributed by atoms with van der Waals surface area (Å²) in [6.07, 6.45) is 1.61. The van der Waals surface area contributed by atoms with E-state index in [1.54, 1.807) is 17.2 Å². The third kappa shape index (κ3) is 3.11. The van der Waals surface area contributed by atoms with Crippen molar-refractivity contribution >= 4 is 5.91 Å². The molecule has 0 saturated carbocycles. The van der Waals surface area contributed by atoms with E-state index in [1.807, 2.05) is 63.2 Å². The van der Waals surface area contributed by atoms with E-state index in [0.29, 0.717) is 29.3 Å². The van der Waals surface area contributed by atoms with Gasteiger partial charge in [0.2, 0.25) is 0 Å². The number of phenolic OH excluding ortho intramolecular Hbond substituents is 1. The predicted octanol–water partition coefficient (Wildman–Crippen LogP) is 5.05. The van der Waals surface area contributed by atoms with E-state index in [2.05, 4.69) is 10.2 Å². The number of phenols is 1. The number of nitrogens with one attached hydrogen (secondary N) is 1. The lowest BCUT2D eigenvalue weighted by molar-refractivity contribution is 0.0717. The summed E-state index contributed by atoms with van der Waals surface area (Å²) in [5.41, 5.74) is 6.48. The zero-order valence-electron chi connectivity index (χ0n) is 17.6. The van der Waals surface area contributed by atoms with Crippen molar-refractivity contribution < 1.29 is 14.3 Å². The fraction of sp³-hybridized carbons (Fsp3) is 0.200. The van der Waals surface area contributed by atoms with Gasteiger partial charge in [-0.2, -0.15) is 5.10 Å².